The number of Topliss-reactive ketones (excluding diaryl/α,β-unsaturated/α-hetero) is 1. The summed E-state index contributed by atoms with van der Waals surface area (Å²) in [4.78, 5) is 40.9. The van der Waals surface area contributed by atoms with Gasteiger partial charge in [0, 0.05) is 62.4 Å². The number of rotatable bonds is 6. The summed E-state index contributed by atoms with van der Waals surface area (Å²) in [6.45, 7) is 3.48. The highest BCUT2D eigenvalue weighted by Gasteiger charge is 2.24. The van der Waals surface area contributed by atoms with Crippen molar-refractivity contribution in [2.24, 2.45) is 0 Å². The van der Waals surface area contributed by atoms with Gasteiger partial charge >= 0.3 is 0 Å². The molecule has 0 atom stereocenters. The molecule has 3 N–H and O–H groups in total. The highest BCUT2D eigenvalue weighted by Crippen LogP contribution is 2.24. The number of aryl methyl sites for hydroxylation is 1. The van der Waals surface area contributed by atoms with E-state index >= 15 is 0 Å². The lowest BCUT2D eigenvalue weighted by molar-refractivity contribution is -0.116. The Kier molecular flexibility index (Phi) is 9.40. The van der Waals surface area contributed by atoms with E-state index in [1.54, 1.807) is 37.4 Å². The van der Waals surface area contributed by atoms with E-state index in [4.69, 9.17) is 4.74 Å². The second-order valence-electron chi connectivity index (χ2n) is 7.96. The van der Waals surface area contributed by atoms with E-state index in [1.165, 1.54) is 0 Å². The Labute approximate surface area is 199 Å². The number of anilines is 1. The van der Waals surface area contributed by atoms with Gasteiger partial charge in [0.1, 0.15) is 5.75 Å². The first-order chi connectivity index (χ1) is 15.0. The Balaban J connectivity index is 0.00000193. The molecular formula is C24H30ClN3O5. The molecule has 0 saturated carbocycles. The molecule has 2 aromatic carbocycles. The van der Waals surface area contributed by atoms with Crippen LogP contribution < -0.4 is 10.1 Å². The SMILES string of the molecule is COc1ccc(C(=O)CCN2CCN(C(=O)c3ccc4c(c3)CCC(=O)N4)CC2)cc1.Cl.O. The van der Waals surface area contributed by atoms with Crippen molar-refractivity contribution in [1.82, 2.24) is 9.80 Å². The summed E-state index contributed by atoms with van der Waals surface area (Å²) < 4.78 is 5.13. The number of ketones is 1. The van der Waals surface area contributed by atoms with Gasteiger partial charge in [-0.25, -0.2) is 0 Å². The fraction of sp³-hybridized carbons (Fsp3) is 0.375. The van der Waals surface area contributed by atoms with Crippen molar-refractivity contribution >= 4 is 35.7 Å². The van der Waals surface area contributed by atoms with Gasteiger partial charge in [0.05, 0.1) is 7.11 Å². The van der Waals surface area contributed by atoms with Crippen LogP contribution in [0.2, 0.25) is 0 Å². The van der Waals surface area contributed by atoms with Gasteiger partial charge in [-0.2, -0.15) is 0 Å². The predicted molar refractivity (Wildman–Crippen MR) is 129 cm³/mol. The average Bonchev–Trinajstić information content (AvgIpc) is 2.82. The fourth-order valence-corrected chi connectivity index (χ4v) is 4.05. The first-order valence-corrected chi connectivity index (χ1v) is 10.6. The number of benzene rings is 2. The van der Waals surface area contributed by atoms with Crippen LogP contribution in [-0.4, -0.2) is 72.7 Å². The number of halogens is 1. The van der Waals surface area contributed by atoms with Gasteiger partial charge < -0.3 is 20.4 Å². The molecule has 9 heteroatoms. The largest absolute Gasteiger partial charge is 0.497 e. The van der Waals surface area contributed by atoms with Crippen LogP contribution in [0.25, 0.3) is 0 Å². The molecule has 0 unspecified atom stereocenters. The lowest BCUT2D eigenvalue weighted by atomic mass is 10.00. The maximum Gasteiger partial charge on any atom is 0.253 e. The number of carbonyl (C=O) groups is 3. The van der Waals surface area contributed by atoms with Gasteiger partial charge in [-0.1, -0.05) is 0 Å². The van der Waals surface area contributed by atoms with Gasteiger partial charge in [-0.3, -0.25) is 19.3 Å². The summed E-state index contributed by atoms with van der Waals surface area (Å²) in [7, 11) is 1.60. The summed E-state index contributed by atoms with van der Waals surface area (Å²) in [5, 5.41) is 2.85. The summed E-state index contributed by atoms with van der Waals surface area (Å²) >= 11 is 0. The maximum absolute atomic E-state index is 12.9. The lowest BCUT2D eigenvalue weighted by Gasteiger charge is -2.34. The number of hydrogen-bond acceptors (Lipinski definition) is 5. The molecule has 0 spiro atoms. The standard InChI is InChI=1S/C24H27N3O4.ClH.H2O/c1-31-20-6-2-17(3-7-20)22(28)10-11-26-12-14-27(15-13-26)24(30)19-4-8-21-18(16-19)5-9-23(29)25-21;;/h2-4,6-8,16H,5,9-15H2,1H3,(H,25,29);1H;1H2. The topological polar surface area (TPSA) is 110 Å². The number of carbonyl (C=O) groups excluding carboxylic acids is 3. The molecule has 1 saturated heterocycles. The summed E-state index contributed by atoms with van der Waals surface area (Å²) in [5.74, 6) is 0.894. The summed E-state index contributed by atoms with van der Waals surface area (Å²) in [6.07, 6.45) is 1.58. The smallest absolute Gasteiger partial charge is 0.253 e. The first-order valence-electron chi connectivity index (χ1n) is 10.6. The van der Waals surface area contributed by atoms with E-state index in [-0.39, 0.29) is 35.5 Å². The molecule has 2 aliphatic rings. The van der Waals surface area contributed by atoms with Crippen molar-refractivity contribution in [2.45, 2.75) is 19.3 Å². The number of nitrogens with zero attached hydrogens (tertiary/aromatic N) is 2. The zero-order chi connectivity index (χ0) is 21.8. The predicted octanol–water partition coefficient (Wildman–Crippen LogP) is 2.21. The molecule has 8 nitrogen and oxygen atoms in total. The van der Waals surface area contributed by atoms with Crippen molar-refractivity contribution in [3.05, 3.63) is 59.2 Å². The number of amides is 2. The Morgan fingerprint density at radius 2 is 1.64 bits per heavy atom. The minimum atomic E-state index is 0. The fourth-order valence-electron chi connectivity index (χ4n) is 4.05. The number of nitrogens with one attached hydrogen (secondary N) is 1. The molecule has 2 amide bonds. The highest BCUT2D eigenvalue weighted by atomic mass is 35.5. The van der Waals surface area contributed by atoms with Gasteiger partial charge in [0.15, 0.2) is 5.78 Å². The van der Waals surface area contributed by atoms with Crippen LogP contribution in [-0.2, 0) is 11.2 Å². The molecular weight excluding hydrogens is 446 g/mol. The normalized spacial score (nSPS) is 15.4. The van der Waals surface area contributed by atoms with Crippen LogP contribution in [0.1, 0.15) is 39.1 Å². The molecule has 2 aliphatic heterocycles. The molecule has 1 fully saturated rings. The number of piperazine rings is 1. The van der Waals surface area contributed by atoms with Crippen molar-refractivity contribution < 1.29 is 24.6 Å². The van der Waals surface area contributed by atoms with E-state index in [1.807, 2.05) is 17.0 Å². The van der Waals surface area contributed by atoms with Gasteiger partial charge in [-0.15, -0.1) is 12.4 Å². The minimum absolute atomic E-state index is 0. The number of ether oxygens (including phenoxy) is 1. The van der Waals surface area contributed by atoms with Crippen LogP contribution >= 0.6 is 12.4 Å². The second kappa shape index (κ2) is 11.8. The van der Waals surface area contributed by atoms with Gasteiger partial charge in [-0.05, 0) is 54.4 Å². The van der Waals surface area contributed by atoms with E-state index in [0.717, 1.165) is 30.1 Å². The molecule has 2 aromatic rings. The number of methoxy groups -OCH3 is 1. The van der Waals surface area contributed by atoms with E-state index < -0.39 is 0 Å². The van der Waals surface area contributed by atoms with E-state index in [0.29, 0.717) is 50.0 Å². The maximum atomic E-state index is 12.9. The quantitative estimate of drug-likeness (QED) is 0.644. The molecule has 178 valence electrons. The third-order valence-corrected chi connectivity index (χ3v) is 5.97. The third kappa shape index (κ3) is 6.31. The van der Waals surface area contributed by atoms with Crippen molar-refractivity contribution in [2.75, 3.05) is 45.2 Å². The van der Waals surface area contributed by atoms with Crippen LogP contribution in [0, 0.1) is 0 Å². The van der Waals surface area contributed by atoms with E-state index in [9.17, 15) is 14.4 Å². The van der Waals surface area contributed by atoms with Crippen LogP contribution in [0.4, 0.5) is 5.69 Å². The van der Waals surface area contributed by atoms with Crippen molar-refractivity contribution in [3.63, 3.8) is 0 Å². The van der Waals surface area contributed by atoms with Crippen LogP contribution in [0.15, 0.2) is 42.5 Å². The second-order valence-corrected chi connectivity index (χ2v) is 7.96. The highest BCUT2D eigenvalue weighted by molar-refractivity contribution is 5.98. The Hall–Kier alpha value is -2.94. The molecule has 4 rings (SSSR count). The summed E-state index contributed by atoms with van der Waals surface area (Å²) in [6, 6.07) is 12.7. The zero-order valence-corrected chi connectivity index (χ0v) is 19.5. The van der Waals surface area contributed by atoms with E-state index in [2.05, 4.69) is 10.2 Å². The first kappa shape index (κ1) is 26.3. The van der Waals surface area contributed by atoms with Crippen molar-refractivity contribution in [3.8, 4) is 5.75 Å². The van der Waals surface area contributed by atoms with Crippen molar-refractivity contribution in [1.29, 1.82) is 0 Å². The Bertz CT molecular complexity index is 988. The minimum Gasteiger partial charge on any atom is -0.497 e. The van der Waals surface area contributed by atoms with Gasteiger partial charge in [0.25, 0.3) is 5.91 Å². The molecule has 33 heavy (non-hydrogen) atoms. The molecule has 0 aromatic heterocycles. The summed E-state index contributed by atoms with van der Waals surface area (Å²) in [5.41, 5.74) is 3.18. The monoisotopic (exact) mass is 475 g/mol. The molecule has 2 heterocycles. The molecule has 0 aliphatic carbocycles. The lowest BCUT2D eigenvalue weighted by Crippen LogP contribution is -2.49. The Morgan fingerprint density at radius 3 is 2.30 bits per heavy atom. The number of fused-ring (bicyclic) bond motifs is 1. The van der Waals surface area contributed by atoms with Gasteiger partial charge in [0.2, 0.25) is 5.91 Å². The Morgan fingerprint density at radius 1 is 0.970 bits per heavy atom. The van der Waals surface area contributed by atoms with Crippen LogP contribution in [0.3, 0.4) is 0 Å². The van der Waals surface area contributed by atoms with Crippen LogP contribution in [0.5, 0.6) is 5.75 Å². The third-order valence-electron chi connectivity index (χ3n) is 5.97. The molecule has 0 bridgehead atoms. The average molecular weight is 476 g/mol. The zero-order valence-electron chi connectivity index (χ0n) is 18.6. The number of hydrogen-bond donors (Lipinski definition) is 1. The molecule has 0 radical (unpaired) electrons.